The van der Waals surface area contributed by atoms with Crippen molar-refractivity contribution in [3.05, 3.63) is 29.8 Å². The van der Waals surface area contributed by atoms with E-state index in [4.69, 9.17) is 11.6 Å². The maximum absolute atomic E-state index is 12.0. The number of aliphatic imine (C=N–C) groups is 1. The fraction of sp³-hybridized carbons (Fsp3) is 0.500. The number of halogens is 1. The SMILES string of the molecule is O=S1(=O)NC(=NCC2CCCC2CCl)c2ccccc21. The first-order valence-electron chi connectivity index (χ1n) is 6.84. The van der Waals surface area contributed by atoms with Gasteiger partial charge in [0.05, 0.1) is 4.90 Å². The first-order chi connectivity index (χ1) is 9.62. The lowest BCUT2D eigenvalue weighted by atomic mass is 9.98. The molecule has 1 heterocycles. The summed E-state index contributed by atoms with van der Waals surface area (Å²) in [7, 11) is -3.43. The number of amidine groups is 1. The summed E-state index contributed by atoms with van der Waals surface area (Å²) in [5, 5.41) is 0. The molecule has 20 heavy (non-hydrogen) atoms. The van der Waals surface area contributed by atoms with Gasteiger partial charge in [0.25, 0.3) is 10.0 Å². The molecule has 2 atom stereocenters. The maximum atomic E-state index is 12.0. The standard InChI is InChI=1S/C14H17ClN2O2S/c15-8-10-4-3-5-11(10)9-16-14-12-6-1-2-7-13(12)20(18,19)17-14/h1-2,6-7,10-11H,3-5,8-9H2,(H,16,17). The van der Waals surface area contributed by atoms with Crippen LogP contribution in [0.3, 0.4) is 0 Å². The Morgan fingerprint density at radius 3 is 2.80 bits per heavy atom. The first-order valence-corrected chi connectivity index (χ1v) is 8.86. The lowest BCUT2D eigenvalue weighted by Gasteiger charge is -2.14. The summed E-state index contributed by atoms with van der Waals surface area (Å²) in [4.78, 5) is 4.83. The number of sulfonamides is 1. The Hall–Kier alpha value is -1.07. The van der Waals surface area contributed by atoms with Gasteiger partial charge in [-0.1, -0.05) is 18.6 Å². The number of hydrogen-bond acceptors (Lipinski definition) is 3. The second-order valence-electron chi connectivity index (χ2n) is 5.40. The van der Waals surface area contributed by atoms with Crippen LogP contribution in [0.4, 0.5) is 0 Å². The molecule has 1 aromatic carbocycles. The average Bonchev–Trinajstić information content (AvgIpc) is 3.00. The van der Waals surface area contributed by atoms with Crippen molar-refractivity contribution in [2.45, 2.75) is 24.2 Å². The Bertz CT molecular complexity index is 642. The molecule has 0 bridgehead atoms. The molecule has 108 valence electrons. The lowest BCUT2D eigenvalue weighted by molar-refractivity contribution is 0.434. The van der Waals surface area contributed by atoms with Crippen LogP contribution in [-0.2, 0) is 10.0 Å². The molecule has 2 aliphatic rings. The molecule has 0 radical (unpaired) electrons. The highest BCUT2D eigenvalue weighted by Gasteiger charge is 2.31. The summed E-state index contributed by atoms with van der Waals surface area (Å²) < 4.78 is 26.5. The van der Waals surface area contributed by atoms with E-state index in [0.717, 1.165) is 12.8 Å². The predicted molar refractivity (Wildman–Crippen MR) is 79.7 cm³/mol. The zero-order valence-electron chi connectivity index (χ0n) is 11.0. The third-order valence-electron chi connectivity index (χ3n) is 4.16. The van der Waals surface area contributed by atoms with Crippen molar-refractivity contribution in [1.29, 1.82) is 0 Å². The molecule has 1 N–H and O–H groups in total. The van der Waals surface area contributed by atoms with Gasteiger partial charge in [-0.05, 0) is 36.8 Å². The van der Waals surface area contributed by atoms with E-state index in [0.29, 0.717) is 40.6 Å². The van der Waals surface area contributed by atoms with Gasteiger partial charge in [0.1, 0.15) is 5.84 Å². The number of rotatable bonds is 3. The van der Waals surface area contributed by atoms with Crippen LogP contribution in [0.5, 0.6) is 0 Å². The quantitative estimate of drug-likeness (QED) is 0.871. The molecule has 3 rings (SSSR count). The topological polar surface area (TPSA) is 58.5 Å². The maximum Gasteiger partial charge on any atom is 0.263 e. The largest absolute Gasteiger partial charge is 0.267 e. The van der Waals surface area contributed by atoms with Crippen molar-refractivity contribution >= 4 is 27.5 Å². The molecule has 6 heteroatoms. The number of fused-ring (bicyclic) bond motifs is 1. The van der Waals surface area contributed by atoms with Crippen molar-refractivity contribution in [3.8, 4) is 0 Å². The molecule has 1 fully saturated rings. The summed E-state index contributed by atoms with van der Waals surface area (Å²) in [6, 6.07) is 6.95. The van der Waals surface area contributed by atoms with Gasteiger partial charge in [0.2, 0.25) is 0 Å². The van der Waals surface area contributed by atoms with E-state index >= 15 is 0 Å². The summed E-state index contributed by atoms with van der Waals surface area (Å²) in [5.41, 5.74) is 0.674. The third kappa shape index (κ3) is 2.44. The highest BCUT2D eigenvalue weighted by molar-refractivity contribution is 7.90. The van der Waals surface area contributed by atoms with E-state index in [9.17, 15) is 8.42 Å². The lowest BCUT2D eigenvalue weighted by Crippen LogP contribution is -2.23. The fourth-order valence-electron chi connectivity index (χ4n) is 3.02. The van der Waals surface area contributed by atoms with E-state index in [1.54, 1.807) is 18.2 Å². The number of nitrogens with one attached hydrogen (secondary N) is 1. The fourth-order valence-corrected chi connectivity index (χ4v) is 4.67. The number of hydrogen-bond donors (Lipinski definition) is 1. The summed E-state index contributed by atoms with van der Waals surface area (Å²) in [6.07, 6.45) is 3.47. The van der Waals surface area contributed by atoms with Crippen molar-refractivity contribution in [3.63, 3.8) is 0 Å². The zero-order chi connectivity index (χ0) is 14.2. The molecule has 4 nitrogen and oxygen atoms in total. The van der Waals surface area contributed by atoms with Gasteiger partial charge in [-0.25, -0.2) is 8.42 Å². The minimum atomic E-state index is -3.43. The van der Waals surface area contributed by atoms with Gasteiger partial charge in [-0.15, -0.1) is 11.6 Å². The minimum Gasteiger partial charge on any atom is -0.267 e. The molecular weight excluding hydrogens is 296 g/mol. The summed E-state index contributed by atoms with van der Waals surface area (Å²) in [5.74, 6) is 2.12. The van der Waals surface area contributed by atoms with Crippen molar-refractivity contribution in [2.24, 2.45) is 16.8 Å². The van der Waals surface area contributed by atoms with Gasteiger partial charge < -0.3 is 0 Å². The zero-order valence-corrected chi connectivity index (χ0v) is 12.6. The molecule has 1 aliphatic carbocycles. The van der Waals surface area contributed by atoms with Gasteiger partial charge >= 0.3 is 0 Å². The number of nitrogens with zero attached hydrogens (tertiary/aromatic N) is 1. The van der Waals surface area contributed by atoms with Gasteiger partial charge in [0.15, 0.2) is 0 Å². The molecule has 1 saturated carbocycles. The van der Waals surface area contributed by atoms with Crippen molar-refractivity contribution in [1.82, 2.24) is 4.72 Å². The molecule has 0 aromatic heterocycles. The smallest absolute Gasteiger partial charge is 0.263 e. The van der Waals surface area contributed by atoms with Gasteiger partial charge in [0, 0.05) is 18.0 Å². The van der Waals surface area contributed by atoms with Crippen molar-refractivity contribution < 1.29 is 8.42 Å². The molecule has 1 aliphatic heterocycles. The molecular formula is C14H17ClN2O2S. The molecule has 0 spiro atoms. The highest BCUT2D eigenvalue weighted by Crippen LogP contribution is 2.33. The van der Waals surface area contributed by atoms with E-state index < -0.39 is 10.0 Å². The van der Waals surface area contributed by atoms with Crippen LogP contribution in [-0.4, -0.2) is 26.7 Å². The van der Waals surface area contributed by atoms with E-state index in [2.05, 4.69) is 9.71 Å². The van der Waals surface area contributed by atoms with Crippen LogP contribution in [0, 0.1) is 11.8 Å². The van der Waals surface area contributed by atoms with Crippen LogP contribution in [0.2, 0.25) is 0 Å². The highest BCUT2D eigenvalue weighted by atomic mass is 35.5. The second kappa shape index (κ2) is 5.37. The normalized spacial score (nSPS) is 29.4. The van der Waals surface area contributed by atoms with Gasteiger partial charge in [-0.3, -0.25) is 9.71 Å². The second-order valence-corrected chi connectivity index (χ2v) is 7.36. The summed E-state index contributed by atoms with van der Waals surface area (Å²) in [6.45, 7) is 0.642. The van der Waals surface area contributed by atoms with E-state index in [-0.39, 0.29) is 0 Å². The van der Waals surface area contributed by atoms with Gasteiger partial charge in [-0.2, -0.15) is 0 Å². The Kier molecular flexibility index (Phi) is 3.73. The molecule has 0 amide bonds. The van der Waals surface area contributed by atoms with Crippen LogP contribution < -0.4 is 4.72 Å². The van der Waals surface area contributed by atoms with Crippen LogP contribution in [0.1, 0.15) is 24.8 Å². The average molecular weight is 313 g/mol. The minimum absolute atomic E-state index is 0.319. The molecule has 0 saturated heterocycles. The Balaban J connectivity index is 1.84. The Labute approximate surface area is 124 Å². The molecule has 1 aromatic rings. The molecule has 2 unspecified atom stereocenters. The number of alkyl halides is 1. The summed E-state index contributed by atoms with van der Waals surface area (Å²) >= 11 is 5.96. The predicted octanol–water partition coefficient (Wildman–Crippen LogP) is 2.38. The van der Waals surface area contributed by atoms with E-state index in [1.807, 2.05) is 6.07 Å². The van der Waals surface area contributed by atoms with E-state index in [1.165, 1.54) is 6.42 Å². The Morgan fingerprint density at radius 1 is 1.25 bits per heavy atom. The Morgan fingerprint density at radius 2 is 2.00 bits per heavy atom. The van der Waals surface area contributed by atoms with Crippen LogP contribution >= 0.6 is 11.6 Å². The van der Waals surface area contributed by atoms with Crippen LogP contribution in [0.25, 0.3) is 0 Å². The number of benzene rings is 1. The first kappa shape index (κ1) is 13.9. The third-order valence-corrected chi connectivity index (χ3v) is 5.95. The van der Waals surface area contributed by atoms with Crippen LogP contribution in [0.15, 0.2) is 34.2 Å². The van der Waals surface area contributed by atoms with Crippen molar-refractivity contribution in [2.75, 3.05) is 12.4 Å². The monoisotopic (exact) mass is 312 g/mol.